The topological polar surface area (TPSA) is 34.0 Å². The van der Waals surface area contributed by atoms with Crippen molar-refractivity contribution in [3.05, 3.63) is 52.0 Å². The summed E-state index contributed by atoms with van der Waals surface area (Å²) >= 11 is 5.06. The van der Waals surface area contributed by atoms with Crippen LogP contribution in [0.15, 0.2) is 39.8 Å². The lowest BCUT2D eigenvalue weighted by Gasteiger charge is -2.26. The molecule has 2 heterocycles. The predicted octanol–water partition coefficient (Wildman–Crippen LogP) is 3.89. The second-order valence-corrected chi connectivity index (χ2v) is 7.05. The van der Waals surface area contributed by atoms with E-state index in [1.807, 2.05) is 13.2 Å². The van der Waals surface area contributed by atoms with Crippen LogP contribution in [0.1, 0.15) is 28.5 Å². The fourth-order valence-electron chi connectivity index (χ4n) is 2.50. The molecule has 6 heteroatoms. The minimum atomic E-state index is -0.267. The molecule has 1 aliphatic heterocycles. The Hall–Kier alpha value is -1.27. The Balaban J connectivity index is 1.85. The van der Waals surface area contributed by atoms with Crippen molar-refractivity contribution in [2.45, 2.75) is 17.4 Å². The molecule has 0 spiro atoms. The Bertz CT molecular complexity index is 701. The predicted molar refractivity (Wildman–Crippen MR) is 85.1 cm³/mol. The third-order valence-corrected chi connectivity index (χ3v) is 5.08. The van der Waals surface area contributed by atoms with Crippen LogP contribution < -0.4 is 5.32 Å². The number of aromatic nitrogens is 1. The maximum absolute atomic E-state index is 13.5. The highest BCUT2D eigenvalue weighted by atomic mass is 79.9. The van der Waals surface area contributed by atoms with Gasteiger partial charge in [0, 0.05) is 28.4 Å². The minimum Gasteiger partial charge on any atom is -0.345 e. The van der Waals surface area contributed by atoms with Crippen molar-refractivity contribution in [2.24, 2.45) is 7.05 Å². The molecular weight excluding hydrogens is 355 g/mol. The van der Waals surface area contributed by atoms with Crippen LogP contribution in [0.2, 0.25) is 0 Å². The number of aryl methyl sites for hydroxylation is 1. The van der Waals surface area contributed by atoms with Gasteiger partial charge < -0.3 is 9.88 Å². The van der Waals surface area contributed by atoms with Crippen LogP contribution in [-0.4, -0.2) is 16.2 Å². The van der Waals surface area contributed by atoms with E-state index in [0.717, 1.165) is 27.1 Å². The molecule has 1 amide bonds. The Morgan fingerprint density at radius 3 is 3.00 bits per heavy atom. The van der Waals surface area contributed by atoms with Crippen molar-refractivity contribution in [1.29, 1.82) is 0 Å². The largest absolute Gasteiger partial charge is 0.345 e. The quantitative estimate of drug-likeness (QED) is 0.872. The molecule has 1 unspecified atom stereocenters. The van der Waals surface area contributed by atoms with Crippen molar-refractivity contribution in [3.8, 4) is 0 Å². The Morgan fingerprint density at radius 2 is 2.29 bits per heavy atom. The first-order chi connectivity index (χ1) is 10.0. The van der Waals surface area contributed by atoms with Gasteiger partial charge in [-0.1, -0.05) is 0 Å². The van der Waals surface area contributed by atoms with Gasteiger partial charge in [-0.15, -0.1) is 11.8 Å². The van der Waals surface area contributed by atoms with Crippen LogP contribution in [0.5, 0.6) is 0 Å². The molecule has 3 nitrogen and oxygen atoms in total. The molecule has 3 rings (SSSR count). The van der Waals surface area contributed by atoms with E-state index in [0.29, 0.717) is 5.69 Å². The van der Waals surface area contributed by atoms with Gasteiger partial charge in [0.2, 0.25) is 0 Å². The van der Waals surface area contributed by atoms with E-state index in [1.54, 1.807) is 28.5 Å². The first-order valence-electron chi connectivity index (χ1n) is 6.59. The van der Waals surface area contributed by atoms with E-state index in [1.165, 1.54) is 12.1 Å². The number of hydrogen-bond acceptors (Lipinski definition) is 2. The summed E-state index contributed by atoms with van der Waals surface area (Å²) in [6.07, 6.45) is 2.64. The molecule has 1 aliphatic rings. The molecule has 0 saturated heterocycles. The number of benzene rings is 1. The molecule has 0 saturated carbocycles. The van der Waals surface area contributed by atoms with Gasteiger partial charge in [-0.25, -0.2) is 4.39 Å². The number of thioether (sulfide) groups is 1. The summed E-state index contributed by atoms with van der Waals surface area (Å²) in [5.74, 6) is 0.507. The van der Waals surface area contributed by atoms with Crippen molar-refractivity contribution in [2.75, 3.05) is 5.75 Å². The van der Waals surface area contributed by atoms with Gasteiger partial charge in [0.25, 0.3) is 5.91 Å². The number of amides is 1. The number of rotatable bonds is 2. The minimum absolute atomic E-state index is 0.141. The number of hydrogen-bond donors (Lipinski definition) is 1. The van der Waals surface area contributed by atoms with Crippen LogP contribution in [0.4, 0.5) is 4.39 Å². The molecule has 1 aromatic heterocycles. The van der Waals surface area contributed by atoms with Gasteiger partial charge in [0.1, 0.15) is 11.5 Å². The molecular formula is C15H14BrFN2OS. The van der Waals surface area contributed by atoms with E-state index < -0.39 is 0 Å². The summed E-state index contributed by atoms with van der Waals surface area (Å²) in [5.41, 5.74) is 1.45. The summed E-state index contributed by atoms with van der Waals surface area (Å²) in [4.78, 5) is 13.4. The van der Waals surface area contributed by atoms with Crippen molar-refractivity contribution in [3.63, 3.8) is 0 Å². The molecule has 1 aromatic carbocycles. The first-order valence-corrected chi connectivity index (χ1v) is 8.37. The van der Waals surface area contributed by atoms with E-state index >= 15 is 0 Å². The molecule has 0 fully saturated rings. The van der Waals surface area contributed by atoms with E-state index in [9.17, 15) is 9.18 Å². The van der Waals surface area contributed by atoms with Gasteiger partial charge in [-0.2, -0.15) is 0 Å². The highest BCUT2D eigenvalue weighted by molar-refractivity contribution is 9.10. The number of nitrogens with zero attached hydrogens (tertiary/aromatic N) is 1. The highest BCUT2D eigenvalue weighted by Crippen LogP contribution is 2.36. The van der Waals surface area contributed by atoms with Gasteiger partial charge in [0.15, 0.2) is 0 Å². The van der Waals surface area contributed by atoms with Crippen molar-refractivity contribution in [1.82, 2.24) is 9.88 Å². The number of halogens is 2. The summed E-state index contributed by atoms with van der Waals surface area (Å²) in [6, 6.07) is 6.40. The maximum Gasteiger partial charge on any atom is 0.268 e. The maximum atomic E-state index is 13.5. The second kappa shape index (κ2) is 5.85. The van der Waals surface area contributed by atoms with E-state index in [-0.39, 0.29) is 17.8 Å². The molecule has 0 aliphatic carbocycles. The molecule has 2 aromatic rings. The van der Waals surface area contributed by atoms with E-state index in [4.69, 9.17) is 0 Å². The zero-order chi connectivity index (χ0) is 15.0. The van der Waals surface area contributed by atoms with Crippen LogP contribution in [0, 0.1) is 5.82 Å². The van der Waals surface area contributed by atoms with Crippen molar-refractivity contribution < 1.29 is 9.18 Å². The average molecular weight is 369 g/mol. The number of nitrogens with one attached hydrogen (secondary N) is 1. The summed E-state index contributed by atoms with van der Waals surface area (Å²) in [7, 11) is 1.82. The second-order valence-electron chi connectivity index (χ2n) is 5.00. The number of carbonyl (C=O) groups excluding carboxylic acids is 1. The zero-order valence-corrected chi connectivity index (χ0v) is 13.8. The zero-order valence-electron chi connectivity index (χ0n) is 11.4. The lowest BCUT2D eigenvalue weighted by atomic mass is 10.0. The molecule has 1 N–H and O–H groups in total. The summed E-state index contributed by atoms with van der Waals surface area (Å²) in [6.45, 7) is 0. The third kappa shape index (κ3) is 3.01. The van der Waals surface area contributed by atoms with Crippen LogP contribution in [-0.2, 0) is 7.05 Å². The first kappa shape index (κ1) is 14.7. The van der Waals surface area contributed by atoms with Gasteiger partial charge >= 0.3 is 0 Å². The van der Waals surface area contributed by atoms with Crippen molar-refractivity contribution >= 4 is 33.6 Å². The van der Waals surface area contributed by atoms with Crippen LogP contribution >= 0.6 is 27.7 Å². The Kier molecular flexibility index (Phi) is 4.08. The fourth-order valence-corrected chi connectivity index (χ4v) is 4.13. The van der Waals surface area contributed by atoms with Gasteiger partial charge in [-0.05, 0) is 52.2 Å². The van der Waals surface area contributed by atoms with Crippen LogP contribution in [0.25, 0.3) is 0 Å². The lowest BCUT2D eigenvalue weighted by molar-refractivity contribution is 0.0926. The lowest BCUT2D eigenvalue weighted by Crippen LogP contribution is -2.31. The third-order valence-electron chi connectivity index (χ3n) is 3.52. The number of fused-ring (bicyclic) bond motifs is 1. The molecule has 21 heavy (non-hydrogen) atoms. The molecule has 0 radical (unpaired) electrons. The van der Waals surface area contributed by atoms with E-state index in [2.05, 4.69) is 21.2 Å². The Morgan fingerprint density at radius 1 is 1.48 bits per heavy atom. The SMILES string of the molecule is Cn1cc(Br)cc1C(=O)NC1CCSc2ccc(F)cc21. The monoisotopic (exact) mass is 368 g/mol. The van der Waals surface area contributed by atoms with Gasteiger partial charge in [0.05, 0.1) is 6.04 Å². The van der Waals surface area contributed by atoms with Gasteiger partial charge in [-0.3, -0.25) is 4.79 Å². The molecule has 110 valence electrons. The standard InChI is InChI=1S/C15H14BrFN2OS/c1-19-8-9(16)6-13(19)15(20)18-12-4-5-21-14-3-2-10(17)7-11(12)14/h2-3,6-8,12H,4-5H2,1H3,(H,18,20). The molecule has 0 bridgehead atoms. The normalized spacial score (nSPS) is 17.4. The summed E-state index contributed by atoms with van der Waals surface area (Å²) in [5, 5.41) is 3.01. The smallest absolute Gasteiger partial charge is 0.268 e. The average Bonchev–Trinajstić information content (AvgIpc) is 2.78. The number of carbonyl (C=O) groups is 1. The fraction of sp³-hybridized carbons (Fsp3) is 0.267. The highest BCUT2D eigenvalue weighted by Gasteiger charge is 2.24. The summed E-state index contributed by atoms with van der Waals surface area (Å²) < 4.78 is 16.1. The van der Waals surface area contributed by atoms with Crippen LogP contribution in [0.3, 0.4) is 0 Å². The molecule has 1 atom stereocenters. The Labute approximate surface area is 135 Å².